The van der Waals surface area contributed by atoms with E-state index in [9.17, 15) is 10.2 Å². The normalized spacial score (nSPS) is 43.1. The monoisotopic (exact) mass is 244 g/mol. The molecule has 2 aliphatic rings. The summed E-state index contributed by atoms with van der Waals surface area (Å²) in [5, 5.41) is 31.9. The lowest BCUT2D eigenvalue weighted by atomic mass is 9.80. The molecule has 6 nitrogen and oxygen atoms in total. The third-order valence-corrected chi connectivity index (χ3v) is 3.40. The molecule has 0 aromatic heterocycles. The van der Waals surface area contributed by atoms with Crippen molar-refractivity contribution in [1.82, 2.24) is 5.32 Å². The molecule has 6 heteroatoms. The van der Waals surface area contributed by atoms with Crippen LogP contribution in [0.4, 0.5) is 0 Å². The first-order valence-electron chi connectivity index (χ1n) is 6.12. The Morgan fingerprint density at radius 1 is 1.41 bits per heavy atom. The highest BCUT2D eigenvalue weighted by Crippen LogP contribution is 2.30. The van der Waals surface area contributed by atoms with E-state index in [1.54, 1.807) is 0 Å². The molecule has 2 fully saturated rings. The lowest BCUT2D eigenvalue weighted by Crippen LogP contribution is -2.56. The van der Waals surface area contributed by atoms with Crippen molar-refractivity contribution in [1.29, 1.82) is 0 Å². The summed E-state index contributed by atoms with van der Waals surface area (Å²) in [6.45, 7) is 2.54. The first-order valence-corrected chi connectivity index (χ1v) is 6.12. The van der Waals surface area contributed by atoms with Crippen LogP contribution in [0.25, 0.3) is 0 Å². The Labute approximate surface area is 100 Å². The van der Waals surface area contributed by atoms with Gasteiger partial charge in [-0.25, -0.2) is 4.99 Å². The zero-order valence-electron chi connectivity index (χ0n) is 9.91. The van der Waals surface area contributed by atoms with Crippen LogP contribution in [-0.4, -0.2) is 58.8 Å². The summed E-state index contributed by atoms with van der Waals surface area (Å²) in [7, 11) is 0. The van der Waals surface area contributed by atoms with Crippen LogP contribution >= 0.6 is 0 Å². The number of amidine groups is 1. The molecule has 1 heterocycles. The lowest BCUT2D eigenvalue weighted by Gasteiger charge is -2.37. The number of nitrogens with one attached hydrogen (secondary N) is 1. The zero-order valence-corrected chi connectivity index (χ0v) is 9.91. The van der Waals surface area contributed by atoms with E-state index in [1.165, 1.54) is 0 Å². The van der Waals surface area contributed by atoms with Crippen LogP contribution in [0.3, 0.4) is 0 Å². The summed E-state index contributed by atoms with van der Waals surface area (Å²) in [6, 6.07) is 0.107. The highest BCUT2D eigenvalue weighted by molar-refractivity contribution is 5.76. The Balaban J connectivity index is 2.04. The molecule has 4 N–H and O–H groups in total. The fourth-order valence-electron chi connectivity index (χ4n) is 2.39. The number of aliphatic hydroxyl groups excluding tert-OH is 3. The fourth-order valence-corrected chi connectivity index (χ4v) is 2.39. The number of aliphatic imine (C=N–C) groups is 1. The molecule has 0 radical (unpaired) electrons. The van der Waals surface area contributed by atoms with Crippen LogP contribution in [-0.2, 0) is 4.74 Å². The minimum absolute atomic E-state index is 0.147. The summed E-state index contributed by atoms with van der Waals surface area (Å²) >= 11 is 0. The molecule has 5 atom stereocenters. The van der Waals surface area contributed by atoms with Crippen molar-refractivity contribution in [3.63, 3.8) is 0 Å². The van der Waals surface area contributed by atoms with Gasteiger partial charge in [0.1, 0.15) is 12.2 Å². The first-order chi connectivity index (χ1) is 8.17. The van der Waals surface area contributed by atoms with Crippen molar-refractivity contribution in [2.24, 2.45) is 10.9 Å². The molecule has 1 aliphatic carbocycles. The van der Waals surface area contributed by atoms with Gasteiger partial charge in [0.25, 0.3) is 6.02 Å². The Morgan fingerprint density at radius 3 is 2.82 bits per heavy atom. The summed E-state index contributed by atoms with van der Waals surface area (Å²) in [5.41, 5.74) is 0. The number of hydrogen-bond donors (Lipinski definition) is 4. The number of rotatable bonds is 3. The Hall–Kier alpha value is -0.850. The molecule has 17 heavy (non-hydrogen) atoms. The standard InChI is InChI=1S/C11H20N2O4/c1-2-3-12-11-13-8-7(17-11)4-6(5-14)9(15)10(8)16/h6-10,14-16H,2-5H2,1H3,(H,12,13)/t6-,7+,8+,9-,10-/m1/s1. The molecule has 1 saturated carbocycles. The van der Waals surface area contributed by atoms with Crippen molar-refractivity contribution in [3.8, 4) is 0 Å². The van der Waals surface area contributed by atoms with Crippen molar-refractivity contribution >= 4 is 6.02 Å². The van der Waals surface area contributed by atoms with Gasteiger partial charge in [0, 0.05) is 19.1 Å². The summed E-state index contributed by atoms with van der Waals surface area (Å²) in [4.78, 5) is 4.20. The Bertz CT molecular complexity index is 297. The van der Waals surface area contributed by atoms with Crippen molar-refractivity contribution in [2.45, 2.75) is 44.1 Å². The number of nitrogens with zero attached hydrogens (tertiary/aromatic N) is 1. The molecule has 0 bridgehead atoms. The number of aliphatic hydroxyl groups is 3. The average Bonchev–Trinajstić information content (AvgIpc) is 2.74. The minimum Gasteiger partial charge on any atom is -0.460 e. The number of hydrogen-bond acceptors (Lipinski definition) is 5. The van der Waals surface area contributed by atoms with E-state index < -0.39 is 12.2 Å². The van der Waals surface area contributed by atoms with Gasteiger partial charge in [-0.15, -0.1) is 0 Å². The van der Waals surface area contributed by atoms with E-state index in [-0.39, 0.29) is 24.7 Å². The SMILES string of the molecule is CCCN=C1N[C@@H]2[C@@H](O)[C@H](O)[C@@H](CO)C[C@@H]2O1. The van der Waals surface area contributed by atoms with Gasteiger partial charge >= 0.3 is 0 Å². The number of fused-ring (bicyclic) bond motifs is 1. The third kappa shape index (κ3) is 2.38. The number of ether oxygens (including phenoxy) is 1. The largest absolute Gasteiger partial charge is 0.460 e. The smallest absolute Gasteiger partial charge is 0.285 e. The molecule has 0 unspecified atom stereocenters. The van der Waals surface area contributed by atoms with Gasteiger partial charge in [0.15, 0.2) is 0 Å². The predicted octanol–water partition coefficient (Wildman–Crippen LogP) is -1.16. The van der Waals surface area contributed by atoms with Crippen molar-refractivity contribution < 1.29 is 20.1 Å². The molecule has 0 amide bonds. The highest BCUT2D eigenvalue weighted by Gasteiger charge is 2.48. The van der Waals surface area contributed by atoms with Crippen LogP contribution < -0.4 is 5.32 Å². The van der Waals surface area contributed by atoms with Crippen LogP contribution in [0, 0.1) is 5.92 Å². The second-order valence-corrected chi connectivity index (χ2v) is 4.67. The molecule has 1 aliphatic heterocycles. The molecule has 2 rings (SSSR count). The molecule has 1 saturated heterocycles. The van der Waals surface area contributed by atoms with Gasteiger partial charge in [0.05, 0.1) is 12.1 Å². The first kappa shape index (κ1) is 12.6. The van der Waals surface area contributed by atoms with E-state index in [1.807, 2.05) is 6.92 Å². The van der Waals surface area contributed by atoms with Gasteiger partial charge in [-0.05, 0) is 12.8 Å². The average molecular weight is 244 g/mol. The molecule has 0 spiro atoms. The minimum atomic E-state index is -0.930. The van der Waals surface area contributed by atoms with Gasteiger partial charge < -0.3 is 25.4 Å². The second kappa shape index (κ2) is 5.20. The molecule has 0 aromatic rings. The van der Waals surface area contributed by atoms with E-state index >= 15 is 0 Å². The second-order valence-electron chi connectivity index (χ2n) is 4.67. The van der Waals surface area contributed by atoms with E-state index in [0.29, 0.717) is 19.0 Å². The van der Waals surface area contributed by atoms with Crippen LogP contribution in [0.15, 0.2) is 4.99 Å². The Morgan fingerprint density at radius 2 is 2.18 bits per heavy atom. The predicted molar refractivity (Wildman–Crippen MR) is 61.6 cm³/mol. The summed E-state index contributed by atoms with van der Waals surface area (Å²) in [6.07, 6.45) is -0.615. The topological polar surface area (TPSA) is 94.3 Å². The van der Waals surface area contributed by atoms with Crippen LogP contribution in [0.1, 0.15) is 19.8 Å². The quantitative estimate of drug-likeness (QED) is 0.502. The van der Waals surface area contributed by atoms with Gasteiger partial charge in [-0.3, -0.25) is 0 Å². The Kier molecular flexibility index (Phi) is 3.86. The van der Waals surface area contributed by atoms with Crippen molar-refractivity contribution in [3.05, 3.63) is 0 Å². The van der Waals surface area contributed by atoms with Gasteiger partial charge in [-0.2, -0.15) is 0 Å². The van der Waals surface area contributed by atoms with E-state index in [2.05, 4.69) is 10.3 Å². The molecule has 98 valence electrons. The maximum absolute atomic E-state index is 9.93. The third-order valence-electron chi connectivity index (χ3n) is 3.40. The molecular formula is C11H20N2O4. The lowest BCUT2D eigenvalue weighted by molar-refractivity contribution is -0.0948. The van der Waals surface area contributed by atoms with Gasteiger partial charge in [-0.1, -0.05) is 6.92 Å². The zero-order chi connectivity index (χ0) is 12.4. The van der Waals surface area contributed by atoms with Crippen LogP contribution in [0.2, 0.25) is 0 Å². The van der Waals surface area contributed by atoms with Crippen molar-refractivity contribution in [2.75, 3.05) is 13.2 Å². The molecular weight excluding hydrogens is 224 g/mol. The maximum Gasteiger partial charge on any atom is 0.285 e. The van der Waals surface area contributed by atoms with Gasteiger partial charge in [0.2, 0.25) is 0 Å². The highest BCUT2D eigenvalue weighted by atomic mass is 16.5. The van der Waals surface area contributed by atoms with E-state index in [0.717, 1.165) is 6.42 Å². The summed E-state index contributed by atoms with van der Waals surface area (Å²) in [5.74, 6) is -0.335. The molecule has 0 aromatic carbocycles. The fraction of sp³-hybridized carbons (Fsp3) is 0.909. The summed E-state index contributed by atoms with van der Waals surface area (Å²) < 4.78 is 5.57. The van der Waals surface area contributed by atoms with E-state index in [4.69, 9.17) is 9.84 Å². The maximum atomic E-state index is 9.93. The van der Waals surface area contributed by atoms with Crippen LogP contribution in [0.5, 0.6) is 0 Å².